The van der Waals surface area contributed by atoms with Crippen LogP contribution in [0.25, 0.3) is 11.0 Å². The van der Waals surface area contributed by atoms with Crippen LogP contribution in [-0.2, 0) is 11.2 Å². The van der Waals surface area contributed by atoms with E-state index in [2.05, 4.69) is 15.2 Å². The van der Waals surface area contributed by atoms with Crippen LogP contribution in [0.3, 0.4) is 0 Å². The maximum absolute atomic E-state index is 10.4. The molecule has 0 spiro atoms. The second-order valence-electron chi connectivity index (χ2n) is 2.97. The SMILES string of the molecule is O=C(O)CCc1[nH]nc2cccnc12. The highest BCUT2D eigenvalue weighted by molar-refractivity contribution is 5.77. The molecule has 0 unspecified atom stereocenters. The van der Waals surface area contributed by atoms with Gasteiger partial charge in [-0.15, -0.1) is 0 Å². The number of nitrogens with one attached hydrogen (secondary N) is 1. The van der Waals surface area contributed by atoms with E-state index in [0.717, 1.165) is 16.7 Å². The minimum Gasteiger partial charge on any atom is -0.481 e. The van der Waals surface area contributed by atoms with E-state index >= 15 is 0 Å². The van der Waals surface area contributed by atoms with Gasteiger partial charge in [-0.1, -0.05) is 0 Å². The van der Waals surface area contributed by atoms with Crippen molar-refractivity contribution >= 4 is 17.0 Å². The minimum atomic E-state index is -0.816. The molecule has 0 aliphatic rings. The van der Waals surface area contributed by atoms with E-state index in [1.165, 1.54) is 0 Å². The van der Waals surface area contributed by atoms with Gasteiger partial charge in [-0.3, -0.25) is 14.9 Å². The van der Waals surface area contributed by atoms with Crippen molar-refractivity contribution in [2.45, 2.75) is 12.8 Å². The van der Waals surface area contributed by atoms with Gasteiger partial charge in [0.2, 0.25) is 0 Å². The first-order valence-corrected chi connectivity index (χ1v) is 4.27. The number of aromatic nitrogens is 3. The van der Waals surface area contributed by atoms with Gasteiger partial charge in [0.1, 0.15) is 11.0 Å². The fourth-order valence-electron chi connectivity index (χ4n) is 1.31. The number of pyridine rings is 1. The van der Waals surface area contributed by atoms with E-state index in [4.69, 9.17) is 5.11 Å². The molecule has 0 aromatic carbocycles. The first-order valence-electron chi connectivity index (χ1n) is 4.27. The summed E-state index contributed by atoms with van der Waals surface area (Å²) in [6.45, 7) is 0. The van der Waals surface area contributed by atoms with Crippen LogP contribution in [-0.4, -0.2) is 26.3 Å². The molecule has 2 aromatic rings. The van der Waals surface area contributed by atoms with Crippen LogP contribution in [0.4, 0.5) is 0 Å². The summed E-state index contributed by atoms with van der Waals surface area (Å²) in [5.74, 6) is -0.816. The van der Waals surface area contributed by atoms with Crippen LogP contribution in [0.1, 0.15) is 12.1 Å². The van der Waals surface area contributed by atoms with Gasteiger partial charge in [0.15, 0.2) is 0 Å². The van der Waals surface area contributed by atoms with Gasteiger partial charge in [-0.05, 0) is 12.1 Å². The number of aromatic amines is 1. The molecule has 14 heavy (non-hydrogen) atoms. The highest BCUT2D eigenvalue weighted by Crippen LogP contribution is 2.13. The lowest BCUT2D eigenvalue weighted by atomic mass is 10.2. The maximum Gasteiger partial charge on any atom is 0.303 e. The van der Waals surface area contributed by atoms with E-state index in [1.807, 2.05) is 6.07 Å². The number of aliphatic carboxylic acids is 1. The first-order chi connectivity index (χ1) is 6.77. The van der Waals surface area contributed by atoms with Crippen molar-refractivity contribution in [1.82, 2.24) is 15.2 Å². The number of carboxylic acid groups (broad SMARTS) is 1. The lowest BCUT2D eigenvalue weighted by molar-refractivity contribution is -0.136. The van der Waals surface area contributed by atoms with Crippen molar-refractivity contribution in [2.24, 2.45) is 0 Å². The highest BCUT2D eigenvalue weighted by Gasteiger charge is 2.07. The Labute approximate surface area is 79.8 Å². The summed E-state index contributed by atoms with van der Waals surface area (Å²) in [7, 11) is 0. The third kappa shape index (κ3) is 1.56. The third-order valence-corrected chi connectivity index (χ3v) is 1.97. The lowest BCUT2D eigenvalue weighted by Gasteiger charge is -1.93. The Hall–Kier alpha value is -1.91. The molecule has 5 nitrogen and oxygen atoms in total. The van der Waals surface area contributed by atoms with Crippen LogP contribution in [0.2, 0.25) is 0 Å². The number of H-pyrrole nitrogens is 1. The summed E-state index contributed by atoms with van der Waals surface area (Å²) in [4.78, 5) is 14.5. The molecular weight excluding hydrogens is 182 g/mol. The maximum atomic E-state index is 10.4. The van der Waals surface area contributed by atoms with Gasteiger partial charge in [-0.2, -0.15) is 5.10 Å². The number of nitrogens with zero attached hydrogens (tertiary/aromatic N) is 2. The fraction of sp³-hybridized carbons (Fsp3) is 0.222. The normalized spacial score (nSPS) is 10.6. The summed E-state index contributed by atoms with van der Waals surface area (Å²) < 4.78 is 0. The standard InChI is InChI=1S/C9H9N3O2/c13-8(14)4-3-7-9-6(11-12-7)2-1-5-10-9/h1-2,5H,3-4H2,(H,11,12)(H,13,14). The fourth-order valence-corrected chi connectivity index (χ4v) is 1.31. The van der Waals surface area contributed by atoms with E-state index in [1.54, 1.807) is 12.3 Å². The van der Waals surface area contributed by atoms with Gasteiger partial charge in [-0.25, -0.2) is 0 Å². The van der Waals surface area contributed by atoms with Crippen molar-refractivity contribution in [1.29, 1.82) is 0 Å². The Balaban J connectivity index is 2.29. The van der Waals surface area contributed by atoms with E-state index < -0.39 is 5.97 Å². The summed E-state index contributed by atoms with van der Waals surface area (Å²) in [5.41, 5.74) is 2.31. The molecular formula is C9H9N3O2. The third-order valence-electron chi connectivity index (χ3n) is 1.97. The van der Waals surface area contributed by atoms with Gasteiger partial charge < -0.3 is 5.11 Å². The smallest absolute Gasteiger partial charge is 0.303 e. The van der Waals surface area contributed by atoms with Crippen LogP contribution in [0.15, 0.2) is 18.3 Å². The number of hydrogen-bond acceptors (Lipinski definition) is 3. The average molecular weight is 191 g/mol. The average Bonchev–Trinajstić information content (AvgIpc) is 2.58. The molecule has 5 heteroatoms. The first kappa shape index (κ1) is 8.68. The van der Waals surface area contributed by atoms with Crippen molar-refractivity contribution in [3.63, 3.8) is 0 Å². The van der Waals surface area contributed by atoms with Crippen LogP contribution < -0.4 is 0 Å². The topological polar surface area (TPSA) is 78.9 Å². The highest BCUT2D eigenvalue weighted by atomic mass is 16.4. The van der Waals surface area contributed by atoms with Crippen molar-refractivity contribution in [3.05, 3.63) is 24.0 Å². The molecule has 0 radical (unpaired) electrons. The molecule has 0 saturated heterocycles. The van der Waals surface area contributed by atoms with Gasteiger partial charge in [0.05, 0.1) is 12.1 Å². The van der Waals surface area contributed by atoms with E-state index in [9.17, 15) is 4.79 Å². The Morgan fingerprint density at radius 3 is 3.21 bits per heavy atom. The monoisotopic (exact) mass is 191 g/mol. The number of hydrogen-bond donors (Lipinski definition) is 2. The van der Waals surface area contributed by atoms with Crippen LogP contribution in [0, 0.1) is 0 Å². The Morgan fingerprint density at radius 1 is 1.57 bits per heavy atom. The molecule has 0 atom stereocenters. The second-order valence-corrected chi connectivity index (χ2v) is 2.97. The zero-order chi connectivity index (χ0) is 9.97. The van der Waals surface area contributed by atoms with Crippen molar-refractivity contribution in [3.8, 4) is 0 Å². The Bertz CT molecular complexity index is 464. The number of carboxylic acids is 1. The number of aryl methyl sites for hydroxylation is 1. The Morgan fingerprint density at radius 2 is 2.43 bits per heavy atom. The molecule has 0 amide bonds. The summed E-state index contributed by atoms with van der Waals surface area (Å²) in [6.07, 6.45) is 2.19. The molecule has 0 aliphatic carbocycles. The predicted octanol–water partition coefficient (Wildman–Crippen LogP) is 0.975. The zero-order valence-electron chi connectivity index (χ0n) is 7.40. The zero-order valence-corrected chi connectivity index (χ0v) is 7.40. The lowest BCUT2D eigenvalue weighted by Crippen LogP contribution is -1.98. The minimum absolute atomic E-state index is 0.0911. The summed E-state index contributed by atoms with van der Waals surface area (Å²) in [6, 6.07) is 3.63. The van der Waals surface area contributed by atoms with Crippen LogP contribution in [0.5, 0.6) is 0 Å². The molecule has 0 aliphatic heterocycles. The molecule has 2 N–H and O–H groups in total. The summed E-state index contributed by atoms with van der Waals surface area (Å²) in [5, 5.41) is 15.3. The summed E-state index contributed by atoms with van der Waals surface area (Å²) >= 11 is 0. The molecule has 0 bridgehead atoms. The molecule has 2 heterocycles. The largest absolute Gasteiger partial charge is 0.481 e. The van der Waals surface area contributed by atoms with Gasteiger partial charge in [0, 0.05) is 12.6 Å². The van der Waals surface area contributed by atoms with Crippen molar-refractivity contribution < 1.29 is 9.90 Å². The van der Waals surface area contributed by atoms with Crippen LogP contribution >= 0.6 is 0 Å². The molecule has 2 aromatic heterocycles. The molecule has 2 rings (SSSR count). The van der Waals surface area contributed by atoms with Gasteiger partial charge >= 0.3 is 5.97 Å². The second kappa shape index (κ2) is 3.45. The predicted molar refractivity (Wildman–Crippen MR) is 49.8 cm³/mol. The van der Waals surface area contributed by atoms with E-state index in [-0.39, 0.29) is 6.42 Å². The van der Waals surface area contributed by atoms with Crippen molar-refractivity contribution in [2.75, 3.05) is 0 Å². The molecule has 72 valence electrons. The molecule has 0 fully saturated rings. The number of fused-ring (bicyclic) bond motifs is 1. The number of rotatable bonds is 3. The Kier molecular flexibility index (Phi) is 2.14. The quantitative estimate of drug-likeness (QED) is 0.757. The molecule has 0 saturated carbocycles. The van der Waals surface area contributed by atoms with E-state index in [0.29, 0.717) is 6.42 Å². The number of carbonyl (C=O) groups is 1. The van der Waals surface area contributed by atoms with Gasteiger partial charge in [0.25, 0.3) is 0 Å².